The number of allylic oxidation sites excluding steroid dienone is 10. The van der Waals surface area contributed by atoms with Gasteiger partial charge in [0.2, 0.25) is 5.91 Å². The lowest BCUT2D eigenvalue weighted by molar-refractivity contribution is -0.151. The zero-order chi connectivity index (χ0) is 43.8. The molecular formula is C54H97NO5. The summed E-state index contributed by atoms with van der Waals surface area (Å²) in [5.41, 5.74) is 0. The Hall–Kier alpha value is -2.44. The van der Waals surface area contributed by atoms with E-state index in [2.05, 4.69) is 86.8 Å². The Bertz CT molecular complexity index is 1080. The van der Waals surface area contributed by atoms with Gasteiger partial charge in [-0.2, -0.15) is 0 Å². The topological polar surface area (TPSA) is 95.9 Å². The van der Waals surface area contributed by atoms with Gasteiger partial charge in [-0.05, 0) is 96.3 Å². The Labute approximate surface area is 371 Å². The van der Waals surface area contributed by atoms with Crippen molar-refractivity contribution in [3.8, 4) is 0 Å². The maximum atomic E-state index is 13.2. The number of rotatable bonds is 45. The van der Waals surface area contributed by atoms with E-state index in [0.29, 0.717) is 19.3 Å². The zero-order valence-corrected chi connectivity index (χ0v) is 39.6. The molecule has 0 spiro atoms. The summed E-state index contributed by atoms with van der Waals surface area (Å²) in [6, 6.07) is -0.710. The summed E-state index contributed by atoms with van der Waals surface area (Å²) in [6.07, 6.45) is 58.5. The van der Waals surface area contributed by atoms with E-state index in [-0.39, 0.29) is 24.9 Å². The first-order valence-electron chi connectivity index (χ1n) is 25.5. The Balaban J connectivity index is 4.62. The highest BCUT2D eigenvalue weighted by atomic mass is 16.5. The molecule has 0 rings (SSSR count). The third kappa shape index (κ3) is 42.3. The second kappa shape index (κ2) is 47.6. The molecule has 0 aromatic rings. The van der Waals surface area contributed by atoms with Gasteiger partial charge in [0.1, 0.15) is 6.10 Å². The quantitative estimate of drug-likeness (QED) is 0.0322. The molecule has 0 aromatic carbocycles. The minimum absolute atomic E-state index is 0.0576. The highest BCUT2D eigenvalue weighted by Crippen LogP contribution is 2.17. The van der Waals surface area contributed by atoms with Crippen LogP contribution in [0.5, 0.6) is 0 Å². The van der Waals surface area contributed by atoms with Gasteiger partial charge in [0.25, 0.3) is 0 Å². The maximum absolute atomic E-state index is 13.2. The normalized spacial score (nSPS) is 13.8. The lowest BCUT2D eigenvalue weighted by Crippen LogP contribution is -2.46. The monoisotopic (exact) mass is 840 g/mol. The average Bonchev–Trinajstić information content (AvgIpc) is 3.24. The Morgan fingerprint density at radius 1 is 0.483 bits per heavy atom. The van der Waals surface area contributed by atoms with Crippen LogP contribution in [-0.2, 0) is 14.3 Å². The summed E-state index contributed by atoms with van der Waals surface area (Å²) < 4.78 is 5.91. The van der Waals surface area contributed by atoms with Crippen LogP contribution in [-0.4, -0.2) is 46.9 Å². The van der Waals surface area contributed by atoms with E-state index >= 15 is 0 Å². The number of carbonyl (C=O) groups excluding carboxylic acids is 2. The first kappa shape index (κ1) is 57.6. The first-order valence-corrected chi connectivity index (χ1v) is 25.5. The van der Waals surface area contributed by atoms with E-state index < -0.39 is 18.2 Å². The first-order chi connectivity index (χ1) is 29.5. The number of nitrogens with one attached hydrogen (secondary N) is 1. The molecule has 0 aliphatic rings. The Kier molecular flexibility index (Phi) is 45.7. The van der Waals surface area contributed by atoms with Crippen LogP contribution in [0.25, 0.3) is 0 Å². The van der Waals surface area contributed by atoms with Gasteiger partial charge in [0.15, 0.2) is 0 Å². The molecule has 3 N–H and O–H groups in total. The molecule has 0 bridgehead atoms. The lowest BCUT2D eigenvalue weighted by Gasteiger charge is -2.24. The number of hydrogen-bond acceptors (Lipinski definition) is 5. The third-order valence-electron chi connectivity index (χ3n) is 11.3. The molecule has 0 saturated carbocycles. The fourth-order valence-electron chi connectivity index (χ4n) is 7.41. The number of carbonyl (C=O) groups is 2. The van der Waals surface area contributed by atoms with Gasteiger partial charge in [-0.1, -0.05) is 197 Å². The molecule has 3 atom stereocenters. The van der Waals surface area contributed by atoms with E-state index in [4.69, 9.17) is 4.74 Å². The zero-order valence-electron chi connectivity index (χ0n) is 39.6. The molecular weight excluding hydrogens is 743 g/mol. The average molecular weight is 840 g/mol. The molecule has 6 heteroatoms. The van der Waals surface area contributed by atoms with E-state index in [0.717, 1.165) is 89.9 Å². The molecule has 0 aromatic heterocycles. The Morgan fingerprint density at radius 3 is 1.35 bits per heavy atom. The van der Waals surface area contributed by atoms with E-state index in [1.54, 1.807) is 0 Å². The van der Waals surface area contributed by atoms with Crippen molar-refractivity contribution in [2.45, 2.75) is 264 Å². The van der Waals surface area contributed by atoms with Gasteiger partial charge in [-0.15, -0.1) is 0 Å². The van der Waals surface area contributed by atoms with Crippen molar-refractivity contribution in [3.63, 3.8) is 0 Å². The van der Waals surface area contributed by atoms with Gasteiger partial charge >= 0.3 is 5.97 Å². The van der Waals surface area contributed by atoms with Crippen molar-refractivity contribution >= 4 is 11.9 Å². The standard InChI is InChI=1S/C54H97NO5/c1-4-7-10-13-16-19-21-23-24-25-26-27-28-30-32-35-38-41-44-47-54(59)60-50(45-42-39-36-34-31-29-22-20-17-14-11-8-5-2)48-53(58)55-51(49-56)52(57)46-43-40-37-33-18-15-12-9-6-3/h16,19-20,22-24,26-27,30,32,50-52,56-57H,4-15,17-18,21,25,28-29,31,33-49H2,1-3H3,(H,55,58)/b19-16-,22-20-,24-23-,27-26-,32-30-. The fourth-order valence-corrected chi connectivity index (χ4v) is 7.41. The van der Waals surface area contributed by atoms with E-state index in [9.17, 15) is 19.8 Å². The van der Waals surface area contributed by atoms with Crippen LogP contribution in [0.3, 0.4) is 0 Å². The third-order valence-corrected chi connectivity index (χ3v) is 11.3. The highest BCUT2D eigenvalue weighted by molar-refractivity contribution is 5.77. The van der Waals surface area contributed by atoms with Crippen molar-refractivity contribution in [2.24, 2.45) is 0 Å². The second-order valence-corrected chi connectivity index (χ2v) is 17.2. The van der Waals surface area contributed by atoms with Crippen molar-refractivity contribution in [1.29, 1.82) is 0 Å². The molecule has 0 radical (unpaired) electrons. The minimum Gasteiger partial charge on any atom is -0.462 e. The van der Waals surface area contributed by atoms with Gasteiger partial charge in [-0.3, -0.25) is 9.59 Å². The van der Waals surface area contributed by atoms with Crippen LogP contribution in [0, 0.1) is 0 Å². The molecule has 0 aliphatic heterocycles. The van der Waals surface area contributed by atoms with E-state index in [1.807, 2.05) is 0 Å². The van der Waals surface area contributed by atoms with Crippen molar-refractivity contribution in [1.82, 2.24) is 5.32 Å². The number of aliphatic hydroxyl groups excluding tert-OH is 2. The maximum Gasteiger partial charge on any atom is 0.306 e. The summed E-state index contributed by atoms with van der Waals surface area (Å²) in [5, 5.41) is 23.7. The van der Waals surface area contributed by atoms with Gasteiger partial charge in [0, 0.05) is 6.42 Å². The SMILES string of the molecule is CCCCC/C=C\C/C=C\C/C=C\C/C=C\CCCCCC(=O)OC(CCCCCCC/C=C\CCCCCC)CC(=O)NC(CO)C(O)CCCCCCCCCCC. The number of ether oxygens (including phenoxy) is 1. The predicted molar refractivity (Wildman–Crippen MR) is 259 cm³/mol. The largest absolute Gasteiger partial charge is 0.462 e. The number of aliphatic hydroxyl groups is 2. The molecule has 0 heterocycles. The van der Waals surface area contributed by atoms with Crippen molar-refractivity contribution in [2.75, 3.05) is 6.61 Å². The number of hydrogen-bond donors (Lipinski definition) is 3. The molecule has 3 unspecified atom stereocenters. The van der Waals surface area contributed by atoms with Crippen LogP contribution in [0.2, 0.25) is 0 Å². The summed E-state index contributed by atoms with van der Waals surface area (Å²) >= 11 is 0. The molecule has 0 saturated heterocycles. The highest BCUT2D eigenvalue weighted by Gasteiger charge is 2.24. The van der Waals surface area contributed by atoms with Gasteiger partial charge < -0.3 is 20.3 Å². The smallest absolute Gasteiger partial charge is 0.306 e. The van der Waals surface area contributed by atoms with Crippen LogP contribution in [0.4, 0.5) is 0 Å². The summed E-state index contributed by atoms with van der Waals surface area (Å²) in [7, 11) is 0. The van der Waals surface area contributed by atoms with Crippen molar-refractivity contribution < 1.29 is 24.5 Å². The van der Waals surface area contributed by atoms with Crippen LogP contribution < -0.4 is 5.32 Å². The molecule has 1 amide bonds. The Morgan fingerprint density at radius 2 is 0.850 bits per heavy atom. The summed E-state index contributed by atoms with van der Waals surface area (Å²) in [5.74, 6) is -0.519. The van der Waals surface area contributed by atoms with E-state index in [1.165, 1.54) is 109 Å². The molecule has 348 valence electrons. The minimum atomic E-state index is -0.795. The van der Waals surface area contributed by atoms with Crippen LogP contribution >= 0.6 is 0 Å². The number of amides is 1. The summed E-state index contributed by atoms with van der Waals surface area (Å²) in [4.78, 5) is 26.1. The lowest BCUT2D eigenvalue weighted by atomic mass is 10.0. The number of unbranched alkanes of at least 4 members (excludes halogenated alkanes) is 23. The molecule has 0 fully saturated rings. The summed E-state index contributed by atoms with van der Waals surface area (Å²) in [6.45, 7) is 6.41. The molecule has 0 aliphatic carbocycles. The van der Waals surface area contributed by atoms with Gasteiger partial charge in [-0.25, -0.2) is 0 Å². The number of esters is 1. The van der Waals surface area contributed by atoms with Gasteiger partial charge in [0.05, 0.1) is 25.2 Å². The predicted octanol–water partition coefficient (Wildman–Crippen LogP) is 15.2. The molecule has 6 nitrogen and oxygen atoms in total. The fraction of sp³-hybridized carbons (Fsp3) is 0.778. The van der Waals surface area contributed by atoms with Crippen molar-refractivity contribution in [3.05, 3.63) is 60.8 Å². The second-order valence-electron chi connectivity index (χ2n) is 17.2. The van der Waals surface area contributed by atoms with Crippen LogP contribution in [0.15, 0.2) is 60.8 Å². The van der Waals surface area contributed by atoms with Crippen LogP contribution in [0.1, 0.15) is 245 Å². The molecule has 60 heavy (non-hydrogen) atoms.